The van der Waals surface area contributed by atoms with E-state index in [-0.39, 0.29) is 23.8 Å². The molecule has 1 aromatic carbocycles. The van der Waals surface area contributed by atoms with Crippen LogP contribution < -0.4 is 20.7 Å². The maximum Gasteiger partial charge on any atom is 0.407 e. The van der Waals surface area contributed by atoms with Gasteiger partial charge in [-0.3, -0.25) is 9.59 Å². The van der Waals surface area contributed by atoms with Gasteiger partial charge in [0.05, 0.1) is 37.0 Å². The fourth-order valence-electron chi connectivity index (χ4n) is 6.57. The third-order valence-corrected chi connectivity index (χ3v) is 13.1. The molecule has 2 aliphatic rings. The van der Waals surface area contributed by atoms with Crippen molar-refractivity contribution in [3.05, 3.63) is 46.5 Å². The molecule has 302 valence electrons. The van der Waals surface area contributed by atoms with E-state index in [1.807, 2.05) is 44.2 Å². The van der Waals surface area contributed by atoms with Gasteiger partial charge in [-0.05, 0) is 44.9 Å². The van der Waals surface area contributed by atoms with Crippen LogP contribution >= 0.6 is 33.2 Å². The molecule has 8 atom stereocenters. The summed E-state index contributed by atoms with van der Waals surface area (Å²) in [5.41, 5.74) is 6.85. The van der Waals surface area contributed by atoms with Crippen LogP contribution in [-0.4, -0.2) is 116 Å². The first kappa shape index (κ1) is 45.4. The lowest BCUT2D eigenvalue weighted by molar-refractivity contribution is -0.164. The number of benzene rings is 1. The Bertz CT molecular complexity index is 1550. The number of ether oxygens (including phenoxy) is 4. The molecule has 3 amide bonds. The van der Waals surface area contributed by atoms with Crippen LogP contribution in [0.2, 0.25) is 5.02 Å². The number of anilines is 1. The number of carbonyl (C=O) groups excluding carboxylic acids is 4. The molecule has 0 aliphatic carbocycles. The number of hydrogen-bond donors (Lipinski definition) is 3. The van der Waals surface area contributed by atoms with Gasteiger partial charge in [-0.1, -0.05) is 70.8 Å². The second-order valence-corrected chi connectivity index (χ2v) is 17.3. The van der Waals surface area contributed by atoms with Crippen LogP contribution in [0.5, 0.6) is 5.75 Å². The summed E-state index contributed by atoms with van der Waals surface area (Å²) >= 11 is 6.76. The second-order valence-electron chi connectivity index (χ2n) is 14.3. The summed E-state index contributed by atoms with van der Waals surface area (Å²) in [5, 5.41) is 15.0. The fraction of sp³-hybridized carbons (Fsp3) is 0.632. The molecule has 0 radical (unpaired) electrons. The van der Waals surface area contributed by atoms with Gasteiger partial charge in [0, 0.05) is 63.9 Å². The molecular weight excluding hydrogens is 756 g/mol. The monoisotopic (exact) mass is 812 g/mol. The number of carbonyl (C=O) groups is 4. The Labute approximate surface area is 332 Å². The summed E-state index contributed by atoms with van der Waals surface area (Å²) in [6.07, 6.45) is 2.06. The number of rotatable bonds is 11. The van der Waals surface area contributed by atoms with Crippen molar-refractivity contribution in [2.24, 2.45) is 17.6 Å². The van der Waals surface area contributed by atoms with E-state index in [0.29, 0.717) is 36.6 Å². The first-order valence-corrected chi connectivity index (χ1v) is 20.9. The van der Waals surface area contributed by atoms with Crippen molar-refractivity contribution >= 4 is 62.8 Å². The van der Waals surface area contributed by atoms with E-state index >= 15 is 0 Å². The van der Waals surface area contributed by atoms with E-state index in [1.54, 1.807) is 45.7 Å². The molecule has 2 aliphatic heterocycles. The summed E-state index contributed by atoms with van der Waals surface area (Å²) in [6.45, 7) is 9.35. The first-order valence-electron chi connectivity index (χ1n) is 18.0. The number of amides is 3. The van der Waals surface area contributed by atoms with Gasteiger partial charge in [0.25, 0.3) is 0 Å². The Balaban J connectivity index is 2.04. The van der Waals surface area contributed by atoms with Gasteiger partial charge >= 0.3 is 12.1 Å². The number of esters is 1. The largest absolute Gasteiger partial charge is 0.495 e. The van der Waals surface area contributed by atoms with Crippen LogP contribution in [0.1, 0.15) is 59.4 Å². The molecule has 0 spiro atoms. The Hall–Kier alpha value is -2.95. The van der Waals surface area contributed by atoms with Crippen LogP contribution in [0.25, 0.3) is 0 Å². The van der Waals surface area contributed by atoms with Crippen LogP contribution in [0.15, 0.2) is 35.9 Å². The number of fused-ring (bicyclic) bond motifs is 4. The molecule has 2 heterocycles. The van der Waals surface area contributed by atoms with Crippen LogP contribution in [-0.2, 0) is 35.0 Å². The molecule has 0 saturated carbocycles. The summed E-state index contributed by atoms with van der Waals surface area (Å²) in [4.78, 5) is 56.5. The van der Waals surface area contributed by atoms with Gasteiger partial charge < -0.3 is 44.9 Å². The highest BCUT2D eigenvalue weighted by Gasteiger charge is 2.47. The number of nitrogens with one attached hydrogen (secondary N) is 1. The third kappa shape index (κ3) is 11.8. The molecule has 16 heteroatoms. The Morgan fingerprint density at radius 1 is 1.20 bits per heavy atom. The zero-order chi connectivity index (χ0) is 40.3. The predicted molar refractivity (Wildman–Crippen MR) is 215 cm³/mol. The van der Waals surface area contributed by atoms with E-state index in [2.05, 4.69) is 5.32 Å². The zero-order valence-corrected chi connectivity index (χ0v) is 35.1. The average Bonchev–Trinajstić information content (AvgIpc) is 3.13. The molecule has 13 nitrogen and oxygen atoms in total. The number of methoxy groups -OCH3 is 2. The van der Waals surface area contributed by atoms with E-state index in [0.717, 1.165) is 16.9 Å². The zero-order valence-electron chi connectivity index (χ0n) is 32.8. The molecule has 4 bridgehead atoms. The number of aliphatic hydroxyl groups is 1. The fourth-order valence-corrected chi connectivity index (χ4v) is 8.72. The minimum absolute atomic E-state index is 0.210. The molecule has 1 aromatic rings. The molecule has 1 fully saturated rings. The summed E-state index contributed by atoms with van der Waals surface area (Å²) in [5.74, 6) is -1.21. The van der Waals surface area contributed by atoms with Crippen molar-refractivity contribution in [3.63, 3.8) is 0 Å². The number of likely N-dealkylation sites (N-methyl/N-ethyl adjacent to an activating group) is 1. The van der Waals surface area contributed by atoms with Crippen molar-refractivity contribution in [2.75, 3.05) is 51.3 Å². The van der Waals surface area contributed by atoms with Crippen molar-refractivity contribution < 1.29 is 43.2 Å². The van der Waals surface area contributed by atoms with Crippen LogP contribution in [0.4, 0.5) is 10.5 Å². The van der Waals surface area contributed by atoms with E-state index < -0.39 is 65.8 Å². The van der Waals surface area contributed by atoms with Gasteiger partial charge in [0.2, 0.25) is 11.8 Å². The minimum Gasteiger partial charge on any atom is -0.495 e. The van der Waals surface area contributed by atoms with Crippen molar-refractivity contribution in [1.82, 2.24) is 10.2 Å². The lowest BCUT2D eigenvalue weighted by Crippen LogP contribution is -2.62. The average molecular weight is 813 g/mol. The van der Waals surface area contributed by atoms with E-state index in [9.17, 15) is 24.3 Å². The summed E-state index contributed by atoms with van der Waals surface area (Å²) in [6, 6.07) is 2.64. The van der Waals surface area contributed by atoms with Crippen molar-refractivity contribution in [3.8, 4) is 5.75 Å². The number of allylic oxidation sites excluding steroid dienone is 3. The Morgan fingerprint density at radius 3 is 2.54 bits per heavy atom. The van der Waals surface area contributed by atoms with E-state index in [1.165, 1.54) is 34.8 Å². The maximum atomic E-state index is 14.1. The highest BCUT2D eigenvalue weighted by atomic mass is 35.5. The maximum absolute atomic E-state index is 14.1. The predicted octanol–water partition coefficient (Wildman–Crippen LogP) is 5.15. The lowest BCUT2D eigenvalue weighted by Gasteiger charge is -2.45. The topological polar surface area (TPSA) is 170 Å². The number of halogens is 1. The minimum atomic E-state index is -1.20. The summed E-state index contributed by atoms with van der Waals surface area (Å²) in [7, 11) is 9.27. The molecular formula is C38H57ClN4O9S2. The molecule has 3 rings (SSSR count). The molecule has 1 saturated heterocycles. The number of nitrogens with zero attached hydrogens (tertiary/aromatic N) is 2. The van der Waals surface area contributed by atoms with Crippen molar-refractivity contribution in [1.29, 1.82) is 0 Å². The molecule has 0 aromatic heterocycles. The number of aliphatic hydroxyl groups excluding tert-OH is 1. The molecule has 4 N–H and O–H groups in total. The van der Waals surface area contributed by atoms with Crippen LogP contribution in [0, 0.1) is 11.8 Å². The first-order chi connectivity index (χ1) is 25.5. The number of alkyl carbamates (subject to hydrolysis) is 1. The van der Waals surface area contributed by atoms with Gasteiger partial charge in [0.1, 0.15) is 29.0 Å². The van der Waals surface area contributed by atoms with Gasteiger partial charge in [0.15, 0.2) is 0 Å². The third-order valence-electron chi connectivity index (χ3n) is 10.2. The normalized spacial score (nSPS) is 28.9. The highest BCUT2D eigenvalue weighted by molar-refractivity contribution is 8.76. The molecule has 0 unspecified atom stereocenters. The second kappa shape index (κ2) is 20.8. The Kier molecular flexibility index (Phi) is 17.5. The lowest BCUT2D eigenvalue weighted by atomic mass is 9.78. The smallest absolute Gasteiger partial charge is 0.407 e. The SMILES string of the molecule is COc1cc2cc(c1Cl)N(C)C(=O)C[C@H](OC(=O)[C@H](C)N(C)C(=O)CCSSCCN)[C@@H](C)[C@@H](O)[C@H](C)[C@@H]1C[C@@](C)(NC(=O)O1)[C@H](OC)/C=C/C=C(\C)C2. The quantitative estimate of drug-likeness (QED) is 0.153. The van der Waals surface area contributed by atoms with Crippen molar-refractivity contribution in [2.45, 2.75) is 96.3 Å². The summed E-state index contributed by atoms with van der Waals surface area (Å²) < 4.78 is 23.2. The standard InChI is InChI=1S/C38H57ClN4O9S2/c1-22-11-10-12-31(50-9)38(5)21-30(52-37(48)41-38)24(3)35(46)23(2)28(51-36(47)25(4)42(6)32(44)13-15-53-54-16-14-40)20-33(45)43(7)27-18-26(17-22)19-29(49-8)34(27)39/h10-12,18-19,23-25,28,30-31,35,46H,13-17,20-21,40H2,1-9H3,(H,41,48)/b12-10+,22-11+/t23-,24-,25+,28+,30+,31-,35-,38-/m1/s1. The Morgan fingerprint density at radius 2 is 1.89 bits per heavy atom. The number of hydrogen-bond acceptors (Lipinski definition) is 12. The number of nitrogens with two attached hydrogens (primary N) is 1. The van der Waals surface area contributed by atoms with Gasteiger partial charge in [-0.2, -0.15) is 0 Å². The van der Waals surface area contributed by atoms with E-state index in [4.69, 9.17) is 36.3 Å². The highest BCUT2D eigenvalue weighted by Crippen LogP contribution is 2.38. The van der Waals surface area contributed by atoms with Gasteiger partial charge in [-0.15, -0.1) is 0 Å². The van der Waals surface area contributed by atoms with Crippen LogP contribution in [0.3, 0.4) is 0 Å². The molecule has 54 heavy (non-hydrogen) atoms. The van der Waals surface area contributed by atoms with Gasteiger partial charge in [-0.25, -0.2) is 9.59 Å².